The van der Waals surface area contributed by atoms with E-state index in [1.54, 1.807) is 6.07 Å². The fourth-order valence-corrected chi connectivity index (χ4v) is 2.94. The largest absolute Gasteiger partial charge is 0.221 e. The molecule has 0 saturated carbocycles. The van der Waals surface area contributed by atoms with Crippen molar-refractivity contribution in [3.05, 3.63) is 57.6 Å². The Labute approximate surface area is 116 Å². The number of fused-ring (bicyclic) bond motifs is 1. The fourth-order valence-electron chi connectivity index (χ4n) is 2.51. The van der Waals surface area contributed by atoms with E-state index in [4.69, 9.17) is 23.2 Å². The minimum absolute atomic E-state index is 0.316. The minimum atomic E-state index is 0.316. The molecule has 3 rings (SSSR count). The molecule has 0 fully saturated rings. The summed E-state index contributed by atoms with van der Waals surface area (Å²) in [6.07, 6.45) is 3.08. The molecule has 0 radical (unpaired) electrons. The molecule has 1 aliphatic rings. The number of hydrogen-bond donors (Lipinski definition) is 0. The van der Waals surface area contributed by atoms with E-state index in [9.17, 15) is 0 Å². The van der Waals surface area contributed by atoms with Gasteiger partial charge in [-0.2, -0.15) is 0 Å². The van der Waals surface area contributed by atoms with Gasteiger partial charge in [0.15, 0.2) is 0 Å². The average Bonchev–Trinajstić information content (AvgIpc) is 2.37. The van der Waals surface area contributed by atoms with Crippen LogP contribution in [-0.4, -0.2) is 9.97 Å². The summed E-state index contributed by atoms with van der Waals surface area (Å²) in [6, 6.07) is 10.1. The van der Waals surface area contributed by atoms with Gasteiger partial charge in [-0.05, 0) is 30.4 Å². The molecule has 2 aromatic rings. The molecule has 1 atom stereocenters. The molecule has 18 heavy (non-hydrogen) atoms. The summed E-state index contributed by atoms with van der Waals surface area (Å²) in [4.78, 5) is 8.60. The quantitative estimate of drug-likeness (QED) is 0.736. The van der Waals surface area contributed by atoms with Crippen molar-refractivity contribution in [2.24, 2.45) is 0 Å². The molecule has 1 aliphatic carbocycles. The number of aromatic nitrogens is 2. The van der Waals surface area contributed by atoms with Crippen LogP contribution in [0.2, 0.25) is 10.3 Å². The van der Waals surface area contributed by atoms with Crippen LogP contribution in [0.3, 0.4) is 0 Å². The molecule has 0 saturated heterocycles. The lowest BCUT2D eigenvalue weighted by Crippen LogP contribution is -2.15. The van der Waals surface area contributed by atoms with Crippen LogP contribution in [0.25, 0.3) is 0 Å². The van der Waals surface area contributed by atoms with Crippen molar-refractivity contribution in [1.29, 1.82) is 0 Å². The first-order valence-electron chi connectivity index (χ1n) is 5.99. The molecule has 1 aromatic carbocycles. The Bertz CT molecular complexity index is 564. The minimum Gasteiger partial charge on any atom is -0.221 e. The van der Waals surface area contributed by atoms with Crippen LogP contribution < -0.4 is 0 Å². The van der Waals surface area contributed by atoms with Gasteiger partial charge in [-0.1, -0.05) is 47.5 Å². The van der Waals surface area contributed by atoms with Gasteiger partial charge in [-0.25, -0.2) is 9.97 Å². The van der Waals surface area contributed by atoms with Gasteiger partial charge in [0.1, 0.15) is 16.1 Å². The monoisotopic (exact) mass is 278 g/mol. The molecule has 1 unspecified atom stereocenters. The molecular formula is C14H12Cl2N2. The van der Waals surface area contributed by atoms with E-state index in [1.807, 2.05) is 0 Å². The van der Waals surface area contributed by atoms with E-state index < -0.39 is 0 Å². The molecule has 1 heterocycles. The van der Waals surface area contributed by atoms with Crippen molar-refractivity contribution >= 4 is 23.2 Å². The van der Waals surface area contributed by atoms with E-state index in [1.165, 1.54) is 11.1 Å². The van der Waals surface area contributed by atoms with Gasteiger partial charge in [0, 0.05) is 12.0 Å². The van der Waals surface area contributed by atoms with Crippen LogP contribution in [-0.2, 0) is 12.8 Å². The number of hydrogen-bond acceptors (Lipinski definition) is 2. The summed E-state index contributed by atoms with van der Waals surface area (Å²) >= 11 is 11.9. The number of rotatable bonds is 1. The first-order chi connectivity index (χ1) is 8.72. The Morgan fingerprint density at radius 3 is 2.39 bits per heavy atom. The van der Waals surface area contributed by atoms with Gasteiger partial charge < -0.3 is 0 Å². The summed E-state index contributed by atoms with van der Waals surface area (Å²) in [5, 5.41) is 0.840. The Morgan fingerprint density at radius 1 is 1.00 bits per heavy atom. The van der Waals surface area contributed by atoms with E-state index in [2.05, 4.69) is 34.2 Å². The van der Waals surface area contributed by atoms with Crippen LogP contribution in [0.1, 0.15) is 29.3 Å². The Hall–Kier alpha value is -1.12. The van der Waals surface area contributed by atoms with E-state index >= 15 is 0 Å². The smallest absolute Gasteiger partial charge is 0.135 e. The van der Waals surface area contributed by atoms with Gasteiger partial charge in [-0.15, -0.1) is 0 Å². The van der Waals surface area contributed by atoms with Crippen molar-refractivity contribution in [3.63, 3.8) is 0 Å². The maximum Gasteiger partial charge on any atom is 0.135 e. The highest BCUT2D eigenvalue weighted by Gasteiger charge is 2.22. The summed E-state index contributed by atoms with van der Waals surface area (Å²) < 4.78 is 0. The maximum atomic E-state index is 5.93. The molecule has 0 spiro atoms. The summed E-state index contributed by atoms with van der Waals surface area (Å²) in [7, 11) is 0. The zero-order valence-electron chi connectivity index (χ0n) is 9.74. The number of nitrogens with zero attached hydrogens (tertiary/aromatic N) is 2. The Balaban J connectivity index is 1.91. The first-order valence-corrected chi connectivity index (χ1v) is 6.75. The van der Waals surface area contributed by atoms with Crippen LogP contribution in [0.15, 0.2) is 30.3 Å². The average molecular weight is 279 g/mol. The lowest BCUT2D eigenvalue weighted by molar-refractivity contribution is 0.555. The van der Waals surface area contributed by atoms with Crippen LogP contribution in [0, 0.1) is 0 Å². The van der Waals surface area contributed by atoms with E-state index in [0.717, 1.165) is 25.1 Å². The highest BCUT2D eigenvalue weighted by Crippen LogP contribution is 2.31. The van der Waals surface area contributed by atoms with E-state index in [-0.39, 0.29) is 0 Å². The summed E-state index contributed by atoms with van der Waals surface area (Å²) in [6.45, 7) is 0. The lowest BCUT2D eigenvalue weighted by Gasteiger charge is -2.23. The van der Waals surface area contributed by atoms with Crippen molar-refractivity contribution in [2.45, 2.75) is 25.2 Å². The zero-order valence-corrected chi connectivity index (χ0v) is 11.2. The molecule has 2 nitrogen and oxygen atoms in total. The number of halogens is 2. The van der Waals surface area contributed by atoms with Crippen molar-refractivity contribution in [3.8, 4) is 0 Å². The standard InChI is InChI=1S/C14H12Cl2N2/c15-12-8-13(16)18-14(17-12)11-6-5-9-3-1-2-4-10(9)7-11/h1-4,8,11H,5-7H2. The molecule has 0 N–H and O–H groups in total. The van der Waals surface area contributed by atoms with Crippen molar-refractivity contribution < 1.29 is 0 Å². The molecule has 0 aliphatic heterocycles. The van der Waals surface area contributed by atoms with E-state index in [0.29, 0.717) is 16.2 Å². The molecule has 0 amide bonds. The second kappa shape index (κ2) is 4.87. The number of aryl methyl sites for hydroxylation is 1. The normalized spacial score (nSPS) is 18.4. The van der Waals surface area contributed by atoms with Crippen LogP contribution >= 0.6 is 23.2 Å². The topological polar surface area (TPSA) is 25.8 Å². The number of benzene rings is 1. The summed E-state index contributed by atoms with van der Waals surface area (Å²) in [5.74, 6) is 1.08. The zero-order chi connectivity index (χ0) is 12.5. The predicted molar refractivity (Wildman–Crippen MR) is 73.3 cm³/mol. The third kappa shape index (κ3) is 2.36. The highest BCUT2D eigenvalue weighted by molar-refractivity contribution is 6.33. The third-order valence-electron chi connectivity index (χ3n) is 3.39. The van der Waals surface area contributed by atoms with Crippen molar-refractivity contribution in [1.82, 2.24) is 9.97 Å². The Kier molecular flexibility index (Phi) is 3.23. The molecule has 1 aromatic heterocycles. The molecule has 0 bridgehead atoms. The molecular weight excluding hydrogens is 267 g/mol. The second-order valence-corrected chi connectivity index (χ2v) is 5.35. The second-order valence-electron chi connectivity index (χ2n) is 4.58. The van der Waals surface area contributed by atoms with Gasteiger partial charge in [0.05, 0.1) is 0 Å². The third-order valence-corrected chi connectivity index (χ3v) is 3.78. The SMILES string of the molecule is Clc1cc(Cl)nc(C2CCc3ccccc3C2)n1. The van der Waals surface area contributed by atoms with Crippen LogP contribution in [0.5, 0.6) is 0 Å². The first kappa shape index (κ1) is 11.9. The lowest BCUT2D eigenvalue weighted by atomic mass is 9.83. The van der Waals surface area contributed by atoms with Crippen LogP contribution in [0.4, 0.5) is 0 Å². The molecule has 4 heteroatoms. The summed E-state index contributed by atoms with van der Waals surface area (Å²) in [5.41, 5.74) is 2.82. The van der Waals surface area contributed by atoms with Crippen molar-refractivity contribution in [2.75, 3.05) is 0 Å². The highest BCUT2D eigenvalue weighted by atomic mass is 35.5. The predicted octanol–water partition coefficient (Wildman–Crippen LogP) is 4.06. The van der Waals surface area contributed by atoms with Gasteiger partial charge in [0.2, 0.25) is 0 Å². The van der Waals surface area contributed by atoms with Gasteiger partial charge in [0.25, 0.3) is 0 Å². The van der Waals surface area contributed by atoms with Gasteiger partial charge >= 0.3 is 0 Å². The van der Waals surface area contributed by atoms with Gasteiger partial charge in [-0.3, -0.25) is 0 Å². The Morgan fingerprint density at radius 2 is 1.67 bits per heavy atom. The maximum absolute atomic E-state index is 5.93. The fraction of sp³-hybridized carbons (Fsp3) is 0.286. The molecule has 92 valence electrons.